The average Bonchev–Trinajstić information content (AvgIpc) is 2.97. The minimum Gasteiger partial charge on any atom is -0.491 e. The van der Waals surface area contributed by atoms with E-state index in [1.54, 1.807) is 0 Å². The molecule has 0 atom stereocenters. The Labute approximate surface area is 191 Å². The smallest absolute Gasteiger partial charge is 0.257 e. The molecule has 0 bridgehead atoms. The summed E-state index contributed by atoms with van der Waals surface area (Å²) in [5.74, 6) is -2.36. The van der Waals surface area contributed by atoms with Gasteiger partial charge >= 0.3 is 0 Å². The molecular formula is C25H23F2NO4S. The fourth-order valence-electron chi connectivity index (χ4n) is 3.82. The van der Waals surface area contributed by atoms with Crippen molar-refractivity contribution in [2.45, 2.75) is 25.3 Å². The van der Waals surface area contributed by atoms with Crippen molar-refractivity contribution in [1.82, 2.24) is 4.90 Å². The maximum atomic E-state index is 14.6. The quantitative estimate of drug-likeness (QED) is 0.556. The Bertz CT molecular complexity index is 1370. The molecule has 1 aliphatic heterocycles. The SMILES string of the molecule is Cc1ccc(-c2ccc3c(c2)CN(C(=O)c2cc(F)c(S(C)(=O)=O)cc2F)CCO3)cc1C. The maximum absolute atomic E-state index is 14.6. The predicted octanol–water partition coefficient (Wildman–Crippen LogP) is 4.69. The molecule has 0 fully saturated rings. The van der Waals surface area contributed by atoms with Crippen LogP contribution in [-0.2, 0) is 16.4 Å². The van der Waals surface area contributed by atoms with Gasteiger partial charge in [0.1, 0.15) is 28.9 Å². The summed E-state index contributed by atoms with van der Waals surface area (Å²) >= 11 is 0. The molecule has 0 radical (unpaired) electrons. The Morgan fingerprint density at radius 2 is 1.64 bits per heavy atom. The predicted molar refractivity (Wildman–Crippen MR) is 121 cm³/mol. The number of nitrogens with zero attached hydrogens (tertiary/aromatic N) is 1. The number of carbonyl (C=O) groups is 1. The van der Waals surface area contributed by atoms with Crippen LogP contribution in [-0.4, -0.2) is 38.6 Å². The molecule has 172 valence electrons. The molecule has 3 aromatic carbocycles. The van der Waals surface area contributed by atoms with Crippen LogP contribution in [0.1, 0.15) is 27.0 Å². The molecule has 0 spiro atoms. The van der Waals surface area contributed by atoms with Crippen molar-refractivity contribution in [1.29, 1.82) is 0 Å². The monoisotopic (exact) mass is 471 g/mol. The molecule has 33 heavy (non-hydrogen) atoms. The van der Waals surface area contributed by atoms with Crippen LogP contribution in [0.4, 0.5) is 8.78 Å². The van der Waals surface area contributed by atoms with Crippen molar-refractivity contribution >= 4 is 15.7 Å². The molecule has 0 unspecified atom stereocenters. The number of ether oxygens (including phenoxy) is 1. The molecule has 4 rings (SSSR count). The summed E-state index contributed by atoms with van der Waals surface area (Å²) in [5.41, 5.74) is 4.53. The van der Waals surface area contributed by atoms with Crippen molar-refractivity contribution in [3.8, 4) is 16.9 Å². The third-order valence-electron chi connectivity index (χ3n) is 5.82. The van der Waals surface area contributed by atoms with Crippen molar-refractivity contribution in [3.63, 3.8) is 0 Å². The summed E-state index contributed by atoms with van der Waals surface area (Å²) in [6.07, 6.45) is 0.780. The third kappa shape index (κ3) is 4.61. The number of benzene rings is 3. The van der Waals surface area contributed by atoms with Gasteiger partial charge in [-0.05, 0) is 60.4 Å². The van der Waals surface area contributed by atoms with E-state index in [2.05, 4.69) is 6.07 Å². The Hall–Kier alpha value is -3.26. The number of aryl methyl sites for hydroxylation is 2. The van der Waals surface area contributed by atoms with E-state index in [1.165, 1.54) is 10.5 Å². The van der Waals surface area contributed by atoms with Gasteiger partial charge in [0.05, 0.1) is 12.1 Å². The van der Waals surface area contributed by atoms with Crippen LogP contribution in [0.3, 0.4) is 0 Å². The standard InChI is InChI=1S/C25H23F2NO4S/c1-15-4-5-17(10-16(15)2)18-6-7-23-19(11-18)14-28(8-9-32-23)25(29)20-12-22(27)24(13-21(20)26)33(3,30)31/h4-7,10-13H,8-9,14H2,1-3H3. The number of hydrogen-bond acceptors (Lipinski definition) is 4. The fourth-order valence-corrected chi connectivity index (χ4v) is 4.55. The van der Waals surface area contributed by atoms with Crippen LogP contribution in [0.15, 0.2) is 53.4 Å². The molecule has 1 heterocycles. The molecule has 3 aromatic rings. The number of carbonyl (C=O) groups excluding carboxylic acids is 1. The van der Waals surface area contributed by atoms with E-state index in [1.807, 2.05) is 44.2 Å². The van der Waals surface area contributed by atoms with Crippen LogP contribution in [0.2, 0.25) is 0 Å². The lowest BCUT2D eigenvalue weighted by Crippen LogP contribution is -2.33. The highest BCUT2D eigenvalue weighted by Crippen LogP contribution is 2.31. The molecule has 0 aliphatic carbocycles. The second kappa shape index (κ2) is 8.59. The second-order valence-corrected chi connectivity index (χ2v) is 10.2. The van der Waals surface area contributed by atoms with Gasteiger partial charge in [0.15, 0.2) is 9.84 Å². The van der Waals surface area contributed by atoms with Gasteiger partial charge < -0.3 is 9.64 Å². The first-order valence-electron chi connectivity index (χ1n) is 10.4. The second-order valence-electron chi connectivity index (χ2n) is 8.23. The van der Waals surface area contributed by atoms with Gasteiger partial charge in [0.2, 0.25) is 0 Å². The summed E-state index contributed by atoms with van der Waals surface area (Å²) in [6, 6.07) is 13.1. The van der Waals surface area contributed by atoms with E-state index in [4.69, 9.17) is 4.74 Å². The molecule has 0 saturated heterocycles. The Kier molecular flexibility index (Phi) is 5.97. The number of rotatable bonds is 3. The van der Waals surface area contributed by atoms with E-state index in [-0.39, 0.29) is 19.7 Å². The zero-order valence-corrected chi connectivity index (χ0v) is 19.3. The van der Waals surface area contributed by atoms with Gasteiger partial charge in [-0.3, -0.25) is 4.79 Å². The highest BCUT2D eigenvalue weighted by molar-refractivity contribution is 7.90. The molecule has 8 heteroatoms. The van der Waals surface area contributed by atoms with E-state index in [0.29, 0.717) is 17.9 Å². The largest absolute Gasteiger partial charge is 0.491 e. The van der Waals surface area contributed by atoms with Crippen LogP contribution in [0, 0.1) is 25.5 Å². The molecule has 0 saturated carbocycles. The minimum absolute atomic E-state index is 0.141. The first-order chi connectivity index (χ1) is 15.5. The lowest BCUT2D eigenvalue weighted by molar-refractivity contribution is 0.0727. The van der Waals surface area contributed by atoms with Crippen LogP contribution >= 0.6 is 0 Å². The van der Waals surface area contributed by atoms with E-state index in [9.17, 15) is 22.0 Å². The van der Waals surface area contributed by atoms with E-state index in [0.717, 1.165) is 28.5 Å². The maximum Gasteiger partial charge on any atom is 0.257 e. The molecule has 1 amide bonds. The van der Waals surface area contributed by atoms with E-state index >= 15 is 0 Å². The van der Waals surface area contributed by atoms with Gasteiger partial charge in [-0.2, -0.15) is 0 Å². The fraction of sp³-hybridized carbons (Fsp3) is 0.240. The van der Waals surface area contributed by atoms with Gasteiger partial charge in [-0.25, -0.2) is 17.2 Å². The highest BCUT2D eigenvalue weighted by atomic mass is 32.2. The normalized spacial score (nSPS) is 13.8. The van der Waals surface area contributed by atoms with Crippen molar-refractivity contribution in [2.24, 2.45) is 0 Å². The first-order valence-corrected chi connectivity index (χ1v) is 12.3. The molecule has 1 aliphatic rings. The third-order valence-corrected chi connectivity index (χ3v) is 6.93. The lowest BCUT2D eigenvalue weighted by atomic mass is 9.98. The highest BCUT2D eigenvalue weighted by Gasteiger charge is 2.26. The van der Waals surface area contributed by atoms with Crippen LogP contribution in [0.25, 0.3) is 11.1 Å². The summed E-state index contributed by atoms with van der Waals surface area (Å²) in [5, 5.41) is 0. The molecule has 5 nitrogen and oxygen atoms in total. The van der Waals surface area contributed by atoms with Crippen LogP contribution < -0.4 is 4.74 Å². The number of amides is 1. The van der Waals surface area contributed by atoms with Crippen molar-refractivity contribution in [2.75, 3.05) is 19.4 Å². The molecular weight excluding hydrogens is 448 g/mol. The molecule has 0 aromatic heterocycles. The number of fused-ring (bicyclic) bond motifs is 1. The summed E-state index contributed by atoms with van der Waals surface area (Å²) in [6.45, 7) is 4.57. The van der Waals surface area contributed by atoms with Gasteiger partial charge in [0, 0.05) is 18.4 Å². The Balaban J connectivity index is 1.67. The van der Waals surface area contributed by atoms with Crippen molar-refractivity contribution < 1.29 is 26.7 Å². The Morgan fingerprint density at radius 1 is 0.939 bits per heavy atom. The van der Waals surface area contributed by atoms with Gasteiger partial charge in [0.25, 0.3) is 5.91 Å². The molecule has 0 N–H and O–H groups in total. The number of sulfone groups is 1. The van der Waals surface area contributed by atoms with E-state index < -0.39 is 37.8 Å². The summed E-state index contributed by atoms with van der Waals surface area (Å²) in [7, 11) is -3.97. The number of halogens is 2. The summed E-state index contributed by atoms with van der Waals surface area (Å²) < 4.78 is 58.0. The van der Waals surface area contributed by atoms with Crippen molar-refractivity contribution in [3.05, 3.63) is 82.4 Å². The van der Waals surface area contributed by atoms with Gasteiger partial charge in [-0.1, -0.05) is 24.3 Å². The van der Waals surface area contributed by atoms with Crippen LogP contribution in [0.5, 0.6) is 5.75 Å². The zero-order valence-electron chi connectivity index (χ0n) is 18.5. The minimum atomic E-state index is -3.97. The van der Waals surface area contributed by atoms with Gasteiger partial charge in [-0.15, -0.1) is 0 Å². The summed E-state index contributed by atoms with van der Waals surface area (Å²) in [4.78, 5) is 13.6. The number of hydrogen-bond donors (Lipinski definition) is 0. The zero-order chi connectivity index (χ0) is 23.9. The Morgan fingerprint density at radius 3 is 2.33 bits per heavy atom. The first kappa shape index (κ1) is 22.9. The lowest BCUT2D eigenvalue weighted by Gasteiger charge is -2.21. The average molecular weight is 472 g/mol. The topological polar surface area (TPSA) is 63.7 Å².